The van der Waals surface area contributed by atoms with Crippen LogP contribution in [0.15, 0.2) is 53.6 Å². The lowest BCUT2D eigenvalue weighted by molar-refractivity contribution is -0.136. The molecule has 0 unspecified atom stereocenters. The van der Waals surface area contributed by atoms with E-state index in [-0.39, 0.29) is 0 Å². The fourth-order valence-corrected chi connectivity index (χ4v) is 3.50. The van der Waals surface area contributed by atoms with E-state index in [2.05, 4.69) is 52.5 Å². The lowest BCUT2D eigenvalue weighted by Crippen LogP contribution is -2.32. The van der Waals surface area contributed by atoms with Crippen molar-refractivity contribution in [3.05, 3.63) is 81.6 Å². The number of aryl methyl sites for hydroxylation is 3. The van der Waals surface area contributed by atoms with Gasteiger partial charge in [-0.2, -0.15) is 5.10 Å². The van der Waals surface area contributed by atoms with Gasteiger partial charge in [-0.3, -0.25) is 9.59 Å². The van der Waals surface area contributed by atoms with Gasteiger partial charge in [0.25, 0.3) is 0 Å². The molecule has 1 heterocycles. The lowest BCUT2D eigenvalue weighted by Gasteiger charge is -2.13. The number of carbonyl (C=O) groups is 2. The van der Waals surface area contributed by atoms with E-state index >= 15 is 0 Å². The summed E-state index contributed by atoms with van der Waals surface area (Å²) in [5.41, 5.74) is 9.05. The molecule has 30 heavy (non-hydrogen) atoms. The maximum atomic E-state index is 12.0. The molecule has 0 spiro atoms. The van der Waals surface area contributed by atoms with Crippen molar-refractivity contribution in [1.82, 2.24) is 9.99 Å². The normalized spacial score (nSPS) is 11.0. The smallest absolute Gasteiger partial charge is 0.318 e. The van der Waals surface area contributed by atoms with Crippen molar-refractivity contribution in [3.63, 3.8) is 0 Å². The Balaban J connectivity index is 1.70. The molecule has 154 valence electrons. The number of benzene rings is 2. The van der Waals surface area contributed by atoms with Crippen LogP contribution in [0.25, 0.3) is 5.69 Å². The summed E-state index contributed by atoms with van der Waals surface area (Å²) in [4.78, 5) is 24.0. The number of amides is 2. The topological polar surface area (TPSA) is 75.5 Å². The average molecular weight is 423 g/mol. The molecule has 0 aliphatic carbocycles. The number of aromatic nitrogens is 1. The minimum absolute atomic E-state index is 0.434. The highest BCUT2D eigenvalue weighted by Gasteiger charge is 2.14. The van der Waals surface area contributed by atoms with Gasteiger partial charge in [-0.15, -0.1) is 0 Å². The first-order valence-corrected chi connectivity index (χ1v) is 9.80. The summed E-state index contributed by atoms with van der Waals surface area (Å²) in [5.74, 6) is -1.69. The van der Waals surface area contributed by atoms with E-state index in [9.17, 15) is 9.59 Å². The van der Waals surface area contributed by atoms with Crippen LogP contribution in [0.5, 0.6) is 0 Å². The molecule has 0 saturated heterocycles. The van der Waals surface area contributed by atoms with Crippen molar-refractivity contribution in [3.8, 4) is 5.69 Å². The van der Waals surface area contributed by atoms with E-state index in [4.69, 9.17) is 11.6 Å². The predicted octanol–water partition coefficient (Wildman–Crippen LogP) is 4.45. The van der Waals surface area contributed by atoms with Gasteiger partial charge < -0.3 is 9.88 Å². The summed E-state index contributed by atoms with van der Waals surface area (Å²) < 4.78 is 2.14. The van der Waals surface area contributed by atoms with Crippen LogP contribution in [0.4, 0.5) is 5.69 Å². The average Bonchev–Trinajstić information content (AvgIpc) is 2.95. The Bertz CT molecular complexity index is 1150. The largest absolute Gasteiger partial charge is 0.329 e. The molecule has 0 aliphatic heterocycles. The monoisotopic (exact) mass is 422 g/mol. The van der Waals surface area contributed by atoms with Gasteiger partial charge in [0.05, 0.1) is 6.21 Å². The van der Waals surface area contributed by atoms with Crippen LogP contribution in [0.3, 0.4) is 0 Å². The molecule has 0 atom stereocenters. The standard InChI is InChI=1S/C23H23ClN4O2/c1-14-8-9-21(15(2)10-14)28-16(3)11-18(17(28)4)13-25-27-23(30)22(29)26-20-7-5-6-19(24)12-20/h5-13H,1-4H3,(H,26,29)(H,27,30)/b25-13-. The van der Waals surface area contributed by atoms with Crippen molar-refractivity contribution in [2.45, 2.75) is 27.7 Å². The van der Waals surface area contributed by atoms with E-state index in [1.807, 2.05) is 19.9 Å². The molecule has 0 saturated carbocycles. The minimum atomic E-state index is -0.866. The number of anilines is 1. The van der Waals surface area contributed by atoms with E-state index in [0.29, 0.717) is 10.7 Å². The van der Waals surface area contributed by atoms with Crippen molar-refractivity contribution < 1.29 is 9.59 Å². The van der Waals surface area contributed by atoms with Crippen LogP contribution in [-0.2, 0) is 9.59 Å². The van der Waals surface area contributed by atoms with Crippen LogP contribution >= 0.6 is 11.6 Å². The lowest BCUT2D eigenvalue weighted by atomic mass is 10.1. The molecule has 0 aliphatic rings. The zero-order valence-electron chi connectivity index (χ0n) is 17.3. The summed E-state index contributed by atoms with van der Waals surface area (Å²) in [6.07, 6.45) is 1.53. The number of nitrogens with one attached hydrogen (secondary N) is 2. The third-order valence-electron chi connectivity index (χ3n) is 4.72. The number of hydrogen-bond acceptors (Lipinski definition) is 3. The highest BCUT2D eigenvalue weighted by molar-refractivity contribution is 6.39. The van der Waals surface area contributed by atoms with Gasteiger partial charge in [0.2, 0.25) is 0 Å². The van der Waals surface area contributed by atoms with Gasteiger partial charge in [-0.1, -0.05) is 35.4 Å². The number of halogens is 1. The molecule has 3 aromatic rings. The molecule has 2 amide bonds. The second kappa shape index (κ2) is 8.97. The van der Waals surface area contributed by atoms with E-state index in [1.165, 1.54) is 17.3 Å². The van der Waals surface area contributed by atoms with Crippen molar-refractivity contribution in [1.29, 1.82) is 0 Å². The summed E-state index contributed by atoms with van der Waals surface area (Å²) in [5, 5.41) is 6.88. The maximum Gasteiger partial charge on any atom is 0.329 e. The van der Waals surface area contributed by atoms with Crippen LogP contribution in [0, 0.1) is 27.7 Å². The minimum Gasteiger partial charge on any atom is -0.318 e. The zero-order chi connectivity index (χ0) is 21.8. The third-order valence-corrected chi connectivity index (χ3v) is 4.96. The van der Waals surface area contributed by atoms with E-state index in [1.54, 1.807) is 24.3 Å². The fraction of sp³-hybridized carbons (Fsp3) is 0.174. The highest BCUT2D eigenvalue weighted by atomic mass is 35.5. The quantitative estimate of drug-likeness (QED) is 0.370. The molecule has 6 nitrogen and oxygen atoms in total. The molecular weight excluding hydrogens is 400 g/mol. The Labute approximate surface area is 180 Å². The van der Waals surface area contributed by atoms with Crippen LogP contribution in [0.1, 0.15) is 28.1 Å². The fourth-order valence-electron chi connectivity index (χ4n) is 3.31. The first kappa shape index (κ1) is 21.3. The molecule has 7 heteroatoms. The number of rotatable bonds is 4. The number of nitrogens with zero attached hydrogens (tertiary/aromatic N) is 2. The Hall–Kier alpha value is -3.38. The Morgan fingerprint density at radius 1 is 1.00 bits per heavy atom. The Morgan fingerprint density at radius 2 is 1.77 bits per heavy atom. The van der Waals surface area contributed by atoms with Crippen molar-refractivity contribution in [2.75, 3.05) is 5.32 Å². The first-order valence-electron chi connectivity index (χ1n) is 9.43. The highest BCUT2D eigenvalue weighted by Crippen LogP contribution is 2.23. The van der Waals surface area contributed by atoms with Gasteiger partial charge in [-0.25, -0.2) is 5.43 Å². The SMILES string of the molecule is Cc1ccc(-n2c(C)cc(/C=N\NC(=O)C(=O)Nc3cccc(Cl)c3)c2C)c(C)c1. The molecule has 3 rings (SSSR count). The molecule has 0 radical (unpaired) electrons. The van der Waals surface area contributed by atoms with Crippen LogP contribution in [0.2, 0.25) is 5.02 Å². The van der Waals surface area contributed by atoms with Gasteiger partial charge >= 0.3 is 11.8 Å². The number of hydrazone groups is 1. The van der Waals surface area contributed by atoms with Crippen molar-refractivity contribution >= 4 is 35.3 Å². The molecule has 0 fully saturated rings. The molecule has 0 bridgehead atoms. The summed E-state index contributed by atoms with van der Waals surface area (Å²) in [6, 6.07) is 14.8. The third kappa shape index (κ3) is 4.78. The second-order valence-electron chi connectivity index (χ2n) is 7.12. The predicted molar refractivity (Wildman–Crippen MR) is 121 cm³/mol. The summed E-state index contributed by atoms with van der Waals surface area (Å²) in [6.45, 7) is 8.14. The summed E-state index contributed by atoms with van der Waals surface area (Å²) >= 11 is 5.87. The van der Waals surface area contributed by atoms with E-state index < -0.39 is 11.8 Å². The second-order valence-corrected chi connectivity index (χ2v) is 7.55. The Morgan fingerprint density at radius 3 is 2.47 bits per heavy atom. The van der Waals surface area contributed by atoms with Gasteiger partial charge in [-0.05, 0) is 63.6 Å². The molecule has 2 N–H and O–H groups in total. The Kier molecular flexibility index (Phi) is 6.37. The molecular formula is C23H23ClN4O2. The number of hydrogen-bond donors (Lipinski definition) is 2. The zero-order valence-corrected chi connectivity index (χ0v) is 18.0. The first-order chi connectivity index (χ1) is 14.3. The van der Waals surface area contributed by atoms with Crippen LogP contribution in [-0.4, -0.2) is 22.6 Å². The van der Waals surface area contributed by atoms with Crippen molar-refractivity contribution in [2.24, 2.45) is 5.10 Å². The van der Waals surface area contributed by atoms with E-state index in [0.717, 1.165) is 22.6 Å². The van der Waals surface area contributed by atoms with Crippen LogP contribution < -0.4 is 10.7 Å². The summed E-state index contributed by atoms with van der Waals surface area (Å²) in [7, 11) is 0. The van der Waals surface area contributed by atoms with Gasteiger partial charge in [0.15, 0.2) is 0 Å². The number of carbonyl (C=O) groups excluding carboxylic acids is 2. The van der Waals surface area contributed by atoms with Gasteiger partial charge in [0, 0.05) is 33.3 Å². The van der Waals surface area contributed by atoms with Gasteiger partial charge in [0.1, 0.15) is 0 Å². The molecule has 2 aromatic carbocycles. The molecule has 1 aromatic heterocycles. The maximum absolute atomic E-state index is 12.0.